The van der Waals surface area contributed by atoms with Gasteiger partial charge in [0.1, 0.15) is 0 Å². The fraction of sp³-hybridized carbons (Fsp3) is 0.120. The molecule has 5 heteroatoms. The molecule has 4 radical (unpaired) electrons. The van der Waals surface area contributed by atoms with Crippen molar-refractivity contribution in [2.45, 2.75) is 19.6 Å². The van der Waals surface area contributed by atoms with E-state index in [0.717, 1.165) is 5.19 Å². The highest BCUT2D eigenvalue weighted by atomic mass is 28.4. The van der Waals surface area contributed by atoms with Crippen molar-refractivity contribution in [3.8, 4) is 0 Å². The Balaban J connectivity index is 1.74. The van der Waals surface area contributed by atoms with E-state index in [0.29, 0.717) is 0 Å². The Kier molecular flexibility index (Phi) is 4.88. The molecule has 0 N–H and O–H groups in total. The Morgan fingerprint density at radius 1 is 0.633 bits per heavy atom. The average Bonchev–Trinajstić information content (AvgIpc) is 2.72. The van der Waals surface area contributed by atoms with Gasteiger partial charge in [-0.05, 0) is 99.1 Å². The van der Waals surface area contributed by atoms with Crippen molar-refractivity contribution in [3.05, 3.63) is 78.9 Å². The third-order valence-corrected chi connectivity index (χ3v) is 10.2. The van der Waals surface area contributed by atoms with Crippen molar-refractivity contribution in [3.63, 3.8) is 0 Å². The van der Waals surface area contributed by atoms with Crippen LogP contribution in [0.5, 0.6) is 0 Å². The zero-order valence-corrected chi connectivity index (χ0v) is 20.3. The first-order valence-corrected chi connectivity index (χ1v) is 15.2. The molecule has 0 saturated carbocycles. The van der Waals surface area contributed by atoms with Gasteiger partial charge in [0, 0.05) is 5.19 Å². The van der Waals surface area contributed by atoms with Crippen LogP contribution in [0.4, 0.5) is 0 Å². The van der Waals surface area contributed by atoms with Gasteiger partial charge in [-0.15, -0.1) is 0 Å². The van der Waals surface area contributed by atoms with Gasteiger partial charge >= 0.3 is 9.28 Å². The van der Waals surface area contributed by atoms with Gasteiger partial charge in [-0.25, -0.2) is 0 Å². The molecule has 0 fully saturated rings. The van der Waals surface area contributed by atoms with Crippen molar-refractivity contribution in [2.75, 3.05) is 0 Å². The van der Waals surface area contributed by atoms with Crippen molar-refractivity contribution >= 4 is 76.4 Å². The molecule has 0 spiro atoms. The zero-order valence-electron chi connectivity index (χ0n) is 17.3. The van der Waals surface area contributed by atoms with E-state index in [4.69, 9.17) is 8.23 Å². The van der Waals surface area contributed by atoms with Crippen molar-refractivity contribution in [1.29, 1.82) is 0 Å². The second-order valence-corrected chi connectivity index (χ2v) is 15.7. The van der Waals surface area contributed by atoms with Gasteiger partial charge in [-0.3, -0.25) is 0 Å². The molecule has 0 bridgehead atoms. The van der Waals surface area contributed by atoms with E-state index >= 15 is 0 Å². The minimum Gasteiger partial charge on any atom is -0.433 e. The summed E-state index contributed by atoms with van der Waals surface area (Å²) in [6, 6.07) is 28.7. The molecule has 0 aliphatic heterocycles. The van der Waals surface area contributed by atoms with Gasteiger partial charge in [-0.2, -0.15) is 0 Å². The molecule has 0 unspecified atom stereocenters. The maximum Gasteiger partial charge on any atom is 0.401 e. The highest BCUT2D eigenvalue weighted by Crippen LogP contribution is 2.30. The van der Waals surface area contributed by atoms with Crippen LogP contribution in [0.1, 0.15) is 0 Å². The average molecular weight is 439 g/mol. The molecule has 0 aliphatic carbocycles. The van der Waals surface area contributed by atoms with Crippen LogP contribution in [-0.4, -0.2) is 28.1 Å². The Morgan fingerprint density at radius 3 is 1.70 bits per heavy atom. The summed E-state index contributed by atoms with van der Waals surface area (Å²) in [5.41, 5.74) is 0. The predicted molar refractivity (Wildman–Crippen MR) is 133 cm³/mol. The van der Waals surface area contributed by atoms with E-state index in [9.17, 15) is 0 Å². The number of hydrogen-bond donors (Lipinski definition) is 0. The smallest absolute Gasteiger partial charge is 0.401 e. The number of fused-ring (bicyclic) bond motifs is 4. The lowest BCUT2D eigenvalue weighted by atomic mass is 9.97. The lowest BCUT2D eigenvalue weighted by molar-refractivity contribution is 0.461. The third-order valence-electron chi connectivity index (χ3n) is 5.37. The first kappa shape index (κ1) is 19.7. The van der Waals surface area contributed by atoms with Gasteiger partial charge in [-0.1, -0.05) is 42.5 Å². The van der Waals surface area contributed by atoms with E-state index in [1.165, 1.54) is 43.1 Å². The fourth-order valence-corrected chi connectivity index (χ4v) is 8.37. The topological polar surface area (TPSA) is 18.5 Å². The van der Waals surface area contributed by atoms with Gasteiger partial charge in [0.25, 0.3) is 0 Å². The Morgan fingerprint density at radius 2 is 1.13 bits per heavy atom. The number of benzene rings is 5. The summed E-state index contributed by atoms with van der Waals surface area (Å²) < 4.78 is 12.1. The lowest BCUT2D eigenvalue weighted by Gasteiger charge is -2.24. The molecule has 0 amide bonds. The molecule has 0 saturated heterocycles. The second-order valence-electron chi connectivity index (χ2n) is 8.73. The summed E-state index contributed by atoms with van der Waals surface area (Å²) in [6.45, 7) is 6.58. The van der Waals surface area contributed by atoms with E-state index in [2.05, 4.69) is 109 Å². The summed E-state index contributed by atoms with van der Waals surface area (Å²) in [7, 11) is -0.0522. The summed E-state index contributed by atoms with van der Waals surface area (Å²) in [6.07, 6.45) is 0. The van der Waals surface area contributed by atoms with E-state index < -0.39 is 17.6 Å². The Labute approximate surface area is 183 Å². The monoisotopic (exact) mass is 438 g/mol. The number of hydrogen-bond acceptors (Lipinski definition) is 2. The maximum atomic E-state index is 6.38. The highest BCUT2D eigenvalue weighted by Gasteiger charge is 2.27. The first-order chi connectivity index (χ1) is 14.4. The van der Waals surface area contributed by atoms with E-state index in [1.807, 2.05) is 0 Å². The summed E-state index contributed by atoms with van der Waals surface area (Å²) >= 11 is 0. The molecule has 0 aliphatic rings. The maximum absolute atomic E-state index is 6.38. The molecule has 2 nitrogen and oxygen atoms in total. The van der Waals surface area contributed by atoms with Crippen molar-refractivity contribution in [1.82, 2.24) is 0 Å². The van der Waals surface area contributed by atoms with Crippen LogP contribution >= 0.6 is 0 Å². The van der Waals surface area contributed by atoms with Crippen LogP contribution < -0.4 is 5.19 Å². The zero-order chi connectivity index (χ0) is 20.9. The van der Waals surface area contributed by atoms with Crippen LogP contribution in [-0.2, 0) is 8.23 Å². The molecular formula is C25H22O2Si3. The summed E-state index contributed by atoms with van der Waals surface area (Å²) in [5, 5.41) is 11.1. The fourth-order valence-electron chi connectivity index (χ4n) is 4.06. The van der Waals surface area contributed by atoms with Crippen LogP contribution in [0.25, 0.3) is 43.1 Å². The van der Waals surface area contributed by atoms with Crippen LogP contribution in [0, 0.1) is 0 Å². The normalized spacial score (nSPS) is 12.6. The van der Waals surface area contributed by atoms with Gasteiger partial charge < -0.3 is 8.23 Å². The van der Waals surface area contributed by atoms with Gasteiger partial charge in [0.15, 0.2) is 8.32 Å². The Bertz CT molecular complexity index is 1410. The van der Waals surface area contributed by atoms with Gasteiger partial charge in [0.2, 0.25) is 10.5 Å². The highest BCUT2D eigenvalue weighted by molar-refractivity contribution is 6.81. The Hall–Kier alpha value is -2.29. The molecule has 5 aromatic rings. The summed E-state index contributed by atoms with van der Waals surface area (Å²) in [5.74, 6) is 0. The minimum absolute atomic E-state index is 1.15. The standard InChI is InChI=1S/C25H22O2Si3/c1-30(2,3)27-29(26-28)25-10-6-9-19-13-22-14-20-11-17-7-4-5-8-18(17)12-21(20)15-23(22)16-24(19)25/h4-16H,1-3H3. The lowest BCUT2D eigenvalue weighted by Crippen LogP contribution is -2.44. The molecule has 5 aromatic carbocycles. The largest absolute Gasteiger partial charge is 0.433 e. The molecule has 0 heterocycles. The first-order valence-electron chi connectivity index (χ1n) is 10.1. The van der Waals surface area contributed by atoms with Crippen LogP contribution in [0.2, 0.25) is 19.6 Å². The van der Waals surface area contributed by atoms with Gasteiger partial charge in [0.05, 0.1) is 0 Å². The quantitative estimate of drug-likeness (QED) is 0.255. The van der Waals surface area contributed by atoms with E-state index in [-0.39, 0.29) is 0 Å². The SMILES string of the molecule is C[Si](C)(C)O[Si](O[Si])c1cccc2cc3cc4cc5ccccc5cc4cc3cc12. The van der Waals surface area contributed by atoms with Crippen LogP contribution in [0.15, 0.2) is 78.9 Å². The minimum atomic E-state index is -1.74. The van der Waals surface area contributed by atoms with Crippen molar-refractivity contribution in [2.24, 2.45) is 0 Å². The molecule has 0 aromatic heterocycles. The summed E-state index contributed by atoms with van der Waals surface area (Å²) in [4.78, 5) is 0. The van der Waals surface area contributed by atoms with E-state index in [1.54, 1.807) is 0 Å². The molecular weight excluding hydrogens is 417 g/mol. The molecule has 0 atom stereocenters. The van der Waals surface area contributed by atoms with Crippen LogP contribution in [0.3, 0.4) is 0 Å². The predicted octanol–water partition coefficient (Wildman–Crippen LogP) is 5.95. The third kappa shape index (κ3) is 3.64. The second kappa shape index (κ2) is 7.44. The molecule has 5 rings (SSSR count). The number of rotatable bonds is 4. The molecule has 30 heavy (non-hydrogen) atoms. The molecule has 146 valence electrons. The van der Waals surface area contributed by atoms with Crippen molar-refractivity contribution < 1.29 is 8.23 Å².